The Bertz CT molecular complexity index is 408. The van der Waals surface area contributed by atoms with Gasteiger partial charge >= 0.3 is 0 Å². The quantitative estimate of drug-likeness (QED) is 0.657. The smallest absolute Gasteiger partial charge is 0.269 e. The van der Waals surface area contributed by atoms with Crippen LogP contribution in [0.5, 0.6) is 0 Å². The lowest BCUT2D eigenvalue weighted by Gasteiger charge is -2.36. The monoisotopic (exact) mass is 248 g/mol. The lowest BCUT2D eigenvalue weighted by atomic mass is 9.70. The Hall–Kier alpha value is -1.42. The highest BCUT2D eigenvalue weighted by Gasteiger charge is 2.30. The summed E-state index contributed by atoms with van der Waals surface area (Å²) in [5.41, 5.74) is 7.49. The number of nitro groups is 1. The van der Waals surface area contributed by atoms with Crippen LogP contribution in [0.4, 0.5) is 5.69 Å². The van der Waals surface area contributed by atoms with Crippen molar-refractivity contribution < 1.29 is 4.92 Å². The van der Waals surface area contributed by atoms with Crippen LogP contribution >= 0.6 is 0 Å². The van der Waals surface area contributed by atoms with E-state index >= 15 is 0 Å². The number of rotatable bonds is 4. The highest BCUT2D eigenvalue weighted by atomic mass is 16.6. The van der Waals surface area contributed by atoms with E-state index in [1.807, 2.05) is 12.1 Å². The molecule has 0 unspecified atom stereocenters. The molecule has 1 aromatic carbocycles. The lowest BCUT2D eigenvalue weighted by Crippen LogP contribution is -2.34. The number of nitro benzene ring substituents is 1. The van der Waals surface area contributed by atoms with Crippen molar-refractivity contribution >= 4 is 5.69 Å². The van der Waals surface area contributed by atoms with E-state index in [2.05, 4.69) is 0 Å². The lowest BCUT2D eigenvalue weighted by molar-refractivity contribution is -0.384. The van der Waals surface area contributed by atoms with Crippen LogP contribution in [0.2, 0.25) is 0 Å². The number of benzene rings is 1. The first-order valence-electron chi connectivity index (χ1n) is 6.59. The summed E-state index contributed by atoms with van der Waals surface area (Å²) in [4.78, 5) is 10.2. The molecule has 4 heteroatoms. The third-order valence-electron chi connectivity index (χ3n) is 4.07. The number of hydrogen-bond acceptors (Lipinski definition) is 3. The first kappa shape index (κ1) is 13.0. The minimum Gasteiger partial charge on any atom is -0.330 e. The predicted octanol–water partition coefficient (Wildman–Crippen LogP) is 3.05. The van der Waals surface area contributed by atoms with Crippen LogP contribution in [0.25, 0.3) is 0 Å². The van der Waals surface area contributed by atoms with Gasteiger partial charge in [0.1, 0.15) is 0 Å². The SMILES string of the molecule is NCC1(Cc2ccc([N+](=O)[O-])cc2)CCCCC1. The molecule has 0 aliphatic heterocycles. The minimum absolute atomic E-state index is 0.157. The van der Waals surface area contributed by atoms with Gasteiger partial charge in [0, 0.05) is 12.1 Å². The van der Waals surface area contributed by atoms with Crippen molar-refractivity contribution in [2.75, 3.05) is 6.54 Å². The van der Waals surface area contributed by atoms with Crippen molar-refractivity contribution in [1.82, 2.24) is 0 Å². The van der Waals surface area contributed by atoms with Crippen molar-refractivity contribution in [3.05, 3.63) is 39.9 Å². The molecule has 1 aliphatic rings. The van der Waals surface area contributed by atoms with Gasteiger partial charge in [0.25, 0.3) is 5.69 Å². The molecule has 0 spiro atoms. The van der Waals surface area contributed by atoms with Crippen LogP contribution in [0, 0.1) is 15.5 Å². The van der Waals surface area contributed by atoms with E-state index in [1.165, 1.54) is 32.1 Å². The maximum Gasteiger partial charge on any atom is 0.269 e. The van der Waals surface area contributed by atoms with Gasteiger partial charge in [-0.3, -0.25) is 10.1 Å². The molecule has 1 fully saturated rings. The summed E-state index contributed by atoms with van der Waals surface area (Å²) in [7, 11) is 0. The van der Waals surface area contributed by atoms with Crippen LogP contribution in [0.3, 0.4) is 0 Å². The summed E-state index contributed by atoms with van der Waals surface area (Å²) in [6.45, 7) is 0.712. The highest BCUT2D eigenvalue weighted by molar-refractivity contribution is 5.33. The standard InChI is InChI=1S/C14H20N2O2/c15-11-14(8-2-1-3-9-14)10-12-4-6-13(7-5-12)16(17)18/h4-7H,1-3,8-11,15H2. The molecule has 0 heterocycles. The molecule has 0 saturated heterocycles. The third kappa shape index (κ3) is 2.88. The van der Waals surface area contributed by atoms with Gasteiger partial charge in [-0.1, -0.05) is 31.4 Å². The summed E-state index contributed by atoms with van der Waals surface area (Å²) in [6.07, 6.45) is 7.12. The zero-order chi connectivity index (χ0) is 13.0. The van der Waals surface area contributed by atoms with Gasteiger partial charge in [-0.05, 0) is 36.8 Å². The first-order chi connectivity index (χ1) is 8.65. The van der Waals surface area contributed by atoms with E-state index in [4.69, 9.17) is 5.73 Å². The van der Waals surface area contributed by atoms with Gasteiger partial charge < -0.3 is 5.73 Å². The molecule has 1 saturated carbocycles. The number of nitrogens with two attached hydrogens (primary N) is 1. The Kier molecular flexibility index (Phi) is 3.97. The number of hydrogen-bond donors (Lipinski definition) is 1. The maximum absolute atomic E-state index is 10.6. The average molecular weight is 248 g/mol. The van der Waals surface area contributed by atoms with Crippen LogP contribution in [-0.2, 0) is 6.42 Å². The Balaban J connectivity index is 2.09. The van der Waals surface area contributed by atoms with Crippen LogP contribution in [0.1, 0.15) is 37.7 Å². The Morgan fingerprint density at radius 3 is 2.28 bits per heavy atom. The molecule has 0 atom stereocenters. The van der Waals surface area contributed by atoms with Crippen molar-refractivity contribution in [2.45, 2.75) is 38.5 Å². The van der Waals surface area contributed by atoms with Crippen molar-refractivity contribution in [3.63, 3.8) is 0 Å². The molecule has 98 valence electrons. The largest absolute Gasteiger partial charge is 0.330 e. The van der Waals surface area contributed by atoms with Gasteiger partial charge in [0.05, 0.1) is 4.92 Å². The van der Waals surface area contributed by atoms with Crippen LogP contribution < -0.4 is 5.73 Å². The Morgan fingerprint density at radius 2 is 1.78 bits per heavy atom. The zero-order valence-electron chi connectivity index (χ0n) is 10.6. The number of non-ortho nitro benzene ring substituents is 1. The van der Waals surface area contributed by atoms with Gasteiger partial charge in [-0.2, -0.15) is 0 Å². The van der Waals surface area contributed by atoms with Gasteiger partial charge in [-0.15, -0.1) is 0 Å². The van der Waals surface area contributed by atoms with E-state index in [0.29, 0.717) is 6.54 Å². The van der Waals surface area contributed by atoms with Crippen molar-refractivity contribution in [3.8, 4) is 0 Å². The second kappa shape index (κ2) is 5.48. The zero-order valence-corrected chi connectivity index (χ0v) is 10.6. The third-order valence-corrected chi connectivity index (χ3v) is 4.07. The van der Waals surface area contributed by atoms with Gasteiger partial charge in [-0.25, -0.2) is 0 Å². The van der Waals surface area contributed by atoms with E-state index in [9.17, 15) is 10.1 Å². The van der Waals surface area contributed by atoms with E-state index in [1.54, 1.807) is 12.1 Å². The second-order valence-electron chi connectivity index (χ2n) is 5.37. The molecule has 2 rings (SSSR count). The predicted molar refractivity (Wildman–Crippen MR) is 71.4 cm³/mol. The molecule has 18 heavy (non-hydrogen) atoms. The Labute approximate surface area is 107 Å². The van der Waals surface area contributed by atoms with Crippen LogP contribution in [0.15, 0.2) is 24.3 Å². The summed E-state index contributed by atoms with van der Waals surface area (Å²) in [5, 5.41) is 10.6. The second-order valence-corrected chi connectivity index (χ2v) is 5.37. The fraction of sp³-hybridized carbons (Fsp3) is 0.571. The van der Waals surface area contributed by atoms with Gasteiger partial charge in [0.2, 0.25) is 0 Å². The Morgan fingerprint density at radius 1 is 1.17 bits per heavy atom. The fourth-order valence-electron chi connectivity index (χ4n) is 2.92. The molecule has 1 aliphatic carbocycles. The molecule has 4 nitrogen and oxygen atoms in total. The minimum atomic E-state index is -0.358. The summed E-state index contributed by atoms with van der Waals surface area (Å²) in [6, 6.07) is 6.90. The van der Waals surface area contributed by atoms with Crippen molar-refractivity contribution in [2.24, 2.45) is 11.1 Å². The summed E-state index contributed by atoms with van der Waals surface area (Å²) < 4.78 is 0. The molecular weight excluding hydrogens is 228 g/mol. The van der Waals surface area contributed by atoms with E-state index in [-0.39, 0.29) is 16.0 Å². The fourth-order valence-corrected chi connectivity index (χ4v) is 2.92. The van der Waals surface area contributed by atoms with E-state index < -0.39 is 0 Å². The topological polar surface area (TPSA) is 69.2 Å². The molecule has 0 bridgehead atoms. The molecule has 1 aromatic rings. The molecule has 2 N–H and O–H groups in total. The summed E-state index contributed by atoms with van der Waals surface area (Å²) >= 11 is 0. The van der Waals surface area contributed by atoms with Gasteiger partial charge in [0.15, 0.2) is 0 Å². The van der Waals surface area contributed by atoms with E-state index in [0.717, 1.165) is 12.0 Å². The van der Waals surface area contributed by atoms with Crippen molar-refractivity contribution in [1.29, 1.82) is 0 Å². The summed E-state index contributed by atoms with van der Waals surface area (Å²) in [5.74, 6) is 0. The molecule has 0 radical (unpaired) electrons. The molecule has 0 aromatic heterocycles. The molecular formula is C14H20N2O2. The first-order valence-corrected chi connectivity index (χ1v) is 6.59. The average Bonchev–Trinajstić information content (AvgIpc) is 2.40. The van der Waals surface area contributed by atoms with Crippen LogP contribution in [-0.4, -0.2) is 11.5 Å². The molecule has 0 amide bonds. The normalized spacial score (nSPS) is 18.5. The number of nitrogens with zero attached hydrogens (tertiary/aromatic N) is 1. The maximum atomic E-state index is 10.6. The highest BCUT2D eigenvalue weighted by Crippen LogP contribution is 2.38.